The number of hydrogen-bond acceptors (Lipinski definition) is 4. The van der Waals surface area contributed by atoms with Gasteiger partial charge < -0.3 is 66.9 Å². The summed E-state index contributed by atoms with van der Waals surface area (Å²) in [5, 5.41) is 2.12. The first-order valence-electron chi connectivity index (χ1n) is 7.93. The van der Waals surface area contributed by atoms with Gasteiger partial charge in [-0.2, -0.15) is 0 Å². The Morgan fingerprint density at radius 1 is 0.880 bits per heavy atom. The molecular weight excluding hydrogens is 548 g/mol. The van der Waals surface area contributed by atoms with Crippen molar-refractivity contribution >= 4 is 11.4 Å². The molecule has 0 spiro atoms. The van der Waals surface area contributed by atoms with Crippen molar-refractivity contribution in [1.29, 1.82) is 0 Å². The topological polar surface area (TPSA) is 56.8 Å². The van der Waals surface area contributed by atoms with Gasteiger partial charge in [-0.25, -0.2) is 0 Å². The number of halogens is 2. The fourth-order valence-corrected chi connectivity index (χ4v) is 2.31. The third-order valence-corrected chi connectivity index (χ3v) is 3.86. The molecule has 2 aromatic carbocycles. The quantitative estimate of drug-likeness (QED) is 0.211. The summed E-state index contributed by atoms with van der Waals surface area (Å²) in [7, 11) is 0. The lowest BCUT2D eigenvalue weighted by molar-refractivity contribution is -0.478. The Hall–Kier alpha value is -0.620. The molecule has 0 radical (unpaired) electrons. The molecule has 136 valence electrons. The number of rotatable bonds is 7. The molecule has 0 aromatic heterocycles. The monoisotopic (exact) mass is 568 g/mol. The predicted octanol–water partition coefficient (Wildman–Crippen LogP) is -3.88. The SMILES string of the molecule is [I-].[I-].c1cc(OCC2CO2)ccc1[NH2+]c1ccc(OC2CCO2)cc1. The van der Waals surface area contributed by atoms with E-state index < -0.39 is 0 Å². The van der Waals surface area contributed by atoms with Crippen molar-refractivity contribution in [1.82, 2.24) is 0 Å². The van der Waals surface area contributed by atoms with Crippen LogP contribution in [0.15, 0.2) is 48.5 Å². The molecule has 0 amide bonds. The normalized spacial score (nSPS) is 20.5. The molecule has 2 heterocycles. The summed E-state index contributed by atoms with van der Waals surface area (Å²) in [5.41, 5.74) is 2.27. The third kappa shape index (κ3) is 6.24. The Balaban J connectivity index is 0.00000113. The van der Waals surface area contributed by atoms with Crippen LogP contribution in [0.25, 0.3) is 0 Å². The fraction of sp³-hybridized carbons (Fsp3) is 0.333. The third-order valence-electron chi connectivity index (χ3n) is 3.86. The zero-order valence-electron chi connectivity index (χ0n) is 13.6. The number of ether oxygens (including phenoxy) is 4. The molecule has 2 aliphatic heterocycles. The number of epoxide rings is 1. The maximum Gasteiger partial charge on any atom is 0.202 e. The second-order valence-corrected chi connectivity index (χ2v) is 5.76. The first-order valence-corrected chi connectivity index (χ1v) is 7.93. The predicted molar refractivity (Wildman–Crippen MR) is 84.3 cm³/mol. The van der Waals surface area contributed by atoms with Crippen molar-refractivity contribution in [2.75, 3.05) is 19.8 Å². The van der Waals surface area contributed by atoms with E-state index >= 15 is 0 Å². The number of nitrogens with two attached hydrogens (primary N) is 1. The van der Waals surface area contributed by atoms with E-state index in [-0.39, 0.29) is 60.3 Å². The standard InChI is InChI=1S/C18H19NO4.2HI/c1-5-15(21-11-17-12-22-17)6-2-13(1)19-14-3-7-16(8-4-14)23-18-9-10-20-18;;/h1-8,17-19H,9-12H2;2*1H/p-1. The molecule has 25 heavy (non-hydrogen) atoms. The van der Waals surface area contributed by atoms with Gasteiger partial charge in [-0.1, -0.05) is 0 Å². The summed E-state index contributed by atoms with van der Waals surface area (Å²) >= 11 is 0. The largest absolute Gasteiger partial charge is 1.00 e. The average Bonchev–Trinajstić information content (AvgIpc) is 3.36. The number of hydrogen-bond donors (Lipinski definition) is 1. The van der Waals surface area contributed by atoms with Crippen molar-refractivity contribution in [2.24, 2.45) is 0 Å². The van der Waals surface area contributed by atoms with Crippen LogP contribution < -0.4 is 62.7 Å². The van der Waals surface area contributed by atoms with Crippen molar-refractivity contribution in [3.8, 4) is 11.5 Å². The number of quaternary nitrogens is 1. The van der Waals surface area contributed by atoms with Gasteiger partial charge in [0.2, 0.25) is 6.29 Å². The van der Waals surface area contributed by atoms with Crippen molar-refractivity contribution < 1.29 is 72.2 Å². The summed E-state index contributed by atoms with van der Waals surface area (Å²) in [4.78, 5) is 0. The van der Waals surface area contributed by atoms with Gasteiger partial charge in [-0.15, -0.1) is 0 Å². The fourth-order valence-electron chi connectivity index (χ4n) is 2.31. The first-order chi connectivity index (χ1) is 11.3. The van der Waals surface area contributed by atoms with Crippen LogP contribution in [0.4, 0.5) is 11.4 Å². The minimum atomic E-state index is -0.0709. The van der Waals surface area contributed by atoms with E-state index in [1.54, 1.807) is 0 Å². The summed E-state index contributed by atoms with van der Waals surface area (Å²) < 4.78 is 21.7. The Morgan fingerprint density at radius 2 is 1.44 bits per heavy atom. The number of benzene rings is 2. The molecule has 0 bridgehead atoms. The van der Waals surface area contributed by atoms with Gasteiger partial charge in [0.15, 0.2) is 0 Å². The molecule has 7 heteroatoms. The molecule has 2 N–H and O–H groups in total. The molecule has 5 nitrogen and oxygen atoms in total. The van der Waals surface area contributed by atoms with Crippen LogP contribution in [0.2, 0.25) is 0 Å². The Bertz CT molecular complexity index is 643. The van der Waals surface area contributed by atoms with Crippen molar-refractivity contribution in [3.63, 3.8) is 0 Å². The van der Waals surface area contributed by atoms with E-state index in [1.165, 1.54) is 0 Å². The van der Waals surface area contributed by atoms with E-state index in [0.29, 0.717) is 6.61 Å². The van der Waals surface area contributed by atoms with E-state index in [4.69, 9.17) is 18.9 Å². The summed E-state index contributed by atoms with van der Waals surface area (Å²) in [5.74, 6) is 1.72. The van der Waals surface area contributed by atoms with Crippen LogP contribution in [0, 0.1) is 0 Å². The molecule has 2 unspecified atom stereocenters. The highest BCUT2D eigenvalue weighted by atomic mass is 127. The van der Waals surface area contributed by atoms with Gasteiger partial charge in [0, 0.05) is 30.7 Å². The van der Waals surface area contributed by atoms with Gasteiger partial charge in [0.1, 0.15) is 35.6 Å². The Kier molecular flexibility index (Phi) is 8.20. The highest BCUT2D eigenvalue weighted by Crippen LogP contribution is 2.21. The Labute approximate surface area is 181 Å². The second-order valence-electron chi connectivity index (χ2n) is 5.76. The minimum Gasteiger partial charge on any atom is -1.00 e. The van der Waals surface area contributed by atoms with Crippen molar-refractivity contribution in [3.05, 3.63) is 48.5 Å². The van der Waals surface area contributed by atoms with Crippen LogP contribution >= 0.6 is 0 Å². The molecule has 2 saturated heterocycles. The molecule has 0 aliphatic carbocycles. The lowest BCUT2D eigenvalue weighted by Gasteiger charge is -2.26. The van der Waals surface area contributed by atoms with Crippen LogP contribution in [-0.4, -0.2) is 32.2 Å². The van der Waals surface area contributed by atoms with Gasteiger partial charge in [0.05, 0.1) is 13.2 Å². The van der Waals surface area contributed by atoms with E-state index in [2.05, 4.69) is 17.4 Å². The van der Waals surface area contributed by atoms with E-state index in [0.717, 1.165) is 42.5 Å². The molecule has 2 aromatic rings. The average molecular weight is 568 g/mol. The molecule has 2 atom stereocenters. The van der Waals surface area contributed by atoms with Gasteiger partial charge in [0.25, 0.3) is 0 Å². The summed E-state index contributed by atoms with van der Waals surface area (Å²) in [6, 6.07) is 16.1. The smallest absolute Gasteiger partial charge is 0.202 e. The molecule has 2 fully saturated rings. The van der Waals surface area contributed by atoms with Gasteiger partial charge in [-0.3, -0.25) is 5.32 Å². The van der Waals surface area contributed by atoms with E-state index in [1.807, 2.05) is 36.4 Å². The lowest BCUT2D eigenvalue weighted by atomic mass is 10.2. The van der Waals surface area contributed by atoms with E-state index in [9.17, 15) is 0 Å². The maximum atomic E-state index is 5.66. The van der Waals surface area contributed by atoms with Gasteiger partial charge in [-0.05, 0) is 24.3 Å². The highest BCUT2D eigenvalue weighted by Gasteiger charge is 2.23. The summed E-state index contributed by atoms with van der Waals surface area (Å²) in [6.45, 7) is 2.25. The Morgan fingerprint density at radius 3 is 1.92 bits per heavy atom. The van der Waals surface area contributed by atoms with Crippen LogP contribution in [0.3, 0.4) is 0 Å². The maximum absolute atomic E-state index is 5.66. The van der Waals surface area contributed by atoms with Crippen LogP contribution in [-0.2, 0) is 9.47 Å². The van der Waals surface area contributed by atoms with Crippen LogP contribution in [0.1, 0.15) is 6.42 Å². The zero-order chi connectivity index (χ0) is 15.5. The van der Waals surface area contributed by atoms with Crippen LogP contribution in [0.5, 0.6) is 11.5 Å². The molecule has 2 aliphatic rings. The van der Waals surface area contributed by atoms with Crippen molar-refractivity contribution in [2.45, 2.75) is 18.8 Å². The zero-order valence-corrected chi connectivity index (χ0v) is 17.9. The first kappa shape index (κ1) is 20.7. The highest BCUT2D eigenvalue weighted by molar-refractivity contribution is 5.41. The lowest BCUT2D eigenvalue weighted by Crippen LogP contribution is -3.00. The summed E-state index contributed by atoms with van der Waals surface area (Å²) in [6.07, 6.45) is 1.18. The second kappa shape index (κ2) is 9.91. The molecule has 0 saturated carbocycles. The van der Waals surface area contributed by atoms with Gasteiger partial charge >= 0.3 is 0 Å². The molecule has 4 rings (SSSR count). The molecular formula is C18H20I2NO4-. The minimum absolute atomic E-state index is 0.